The van der Waals surface area contributed by atoms with Crippen LogP contribution >= 0.6 is 27.3 Å². The molecule has 1 aliphatic rings. The smallest absolute Gasteiger partial charge is 0.350 e. The van der Waals surface area contributed by atoms with Gasteiger partial charge in [-0.1, -0.05) is 58.5 Å². The van der Waals surface area contributed by atoms with Gasteiger partial charge in [-0.15, -0.1) is 0 Å². The van der Waals surface area contributed by atoms with Crippen LogP contribution in [0.2, 0.25) is 0 Å². The van der Waals surface area contributed by atoms with E-state index in [1.807, 2.05) is 24.3 Å². The number of thiazole rings is 1. The lowest BCUT2D eigenvalue weighted by atomic mass is 9.97. The van der Waals surface area contributed by atoms with Gasteiger partial charge >= 0.3 is 5.97 Å². The van der Waals surface area contributed by atoms with Crippen LogP contribution in [-0.2, 0) is 11.2 Å². The zero-order valence-electron chi connectivity index (χ0n) is 18.5. The molecular formula is C25H19BrN2O5S. The molecule has 0 saturated heterocycles. The second-order valence-corrected chi connectivity index (χ2v) is 9.78. The van der Waals surface area contributed by atoms with Gasteiger partial charge in [0.25, 0.3) is 5.91 Å². The summed E-state index contributed by atoms with van der Waals surface area (Å²) in [7, 11) is 1.29. The number of halogens is 1. The molecule has 2 aromatic carbocycles. The highest BCUT2D eigenvalue weighted by Gasteiger charge is 2.45. The Morgan fingerprint density at radius 1 is 1.21 bits per heavy atom. The first-order chi connectivity index (χ1) is 16.3. The highest BCUT2D eigenvalue weighted by molar-refractivity contribution is 9.10. The Morgan fingerprint density at radius 3 is 2.62 bits per heavy atom. The number of carbonyl (C=O) groups is 2. The van der Waals surface area contributed by atoms with Crippen molar-refractivity contribution >= 4 is 55.2 Å². The number of nitrogens with zero attached hydrogens (tertiary/aromatic N) is 2. The maximum atomic E-state index is 13.7. The molecule has 0 radical (unpaired) electrons. The van der Waals surface area contributed by atoms with Gasteiger partial charge in [0.05, 0.1) is 29.8 Å². The zero-order chi connectivity index (χ0) is 24.1. The maximum Gasteiger partial charge on any atom is 0.350 e. The van der Waals surface area contributed by atoms with E-state index in [1.54, 1.807) is 25.1 Å². The molecule has 1 aliphatic heterocycles. The van der Waals surface area contributed by atoms with E-state index in [4.69, 9.17) is 9.15 Å². The molecule has 4 aromatic rings. The number of methoxy groups -OCH3 is 1. The molecule has 0 spiro atoms. The van der Waals surface area contributed by atoms with Crippen molar-refractivity contribution in [1.82, 2.24) is 4.98 Å². The molecule has 34 heavy (non-hydrogen) atoms. The van der Waals surface area contributed by atoms with Crippen molar-refractivity contribution in [2.75, 3.05) is 12.0 Å². The van der Waals surface area contributed by atoms with Crippen molar-refractivity contribution in [2.24, 2.45) is 0 Å². The number of ether oxygens (including phenoxy) is 1. The minimum Gasteiger partial charge on any atom is -0.465 e. The minimum atomic E-state index is -0.746. The van der Waals surface area contributed by atoms with Crippen molar-refractivity contribution in [3.05, 3.63) is 90.2 Å². The molecule has 1 amide bonds. The number of esters is 1. The number of aryl methyl sites for hydroxylation is 2. The first-order valence-corrected chi connectivity index (χ1v) is 12.2. The number of anilines is 1. The lowest BCUT2D eigenvalue weighted by Gasteiger charge is -2.22. The zero-order valence-corrected chi connectivity index (χ0v) is 21.0. The molecule has 0 N–H and O–H groups in total. The average molecular weight is 539 g/mol. The topological polar surface area (TPSA) is 89.7 Å². The van der Waals surface area contributed by atoms with Crippen molar-refractivity contribution in [3.63, 3.8) is 0 Å². The summed E-state index contributed by atoms with van der Waals surface area (Å²) in [6.45, 7) is 3.74. The number of aromatic nitrogens is 1. The van der Waals surface area contributed by atoms with Gasteiger partial charge in [-0.25, -0.2) is 9.78 Å². The van der Waals surface area contributed by atoms with E-state index in [9.17, 15) is 14.4 Å². The predicted octanol–water partition coefficient (Wildman–Crippen LogP) is 5.42. The molecule has 7 nitrogen and oxygen atoms in total. The summed E-state index contributed by atoms with van der Waals surface area (Å²) in [6, 6.07) is 12.1. The van der Waals surface area contributed by atoms with E-state index in [0.717, 1.165) is 33.4 Å². The van der Waals surface area contributed by atoms with E-state index >= 15 is 0 Å². The van der Waals surface area contributed by atoms with Gasteiger partial charge in [0.1, 0.15) is 10.5 Å². The lowest BCUT2D eigenvalue weighted by molar-refractivity contribution is 0.0605. The van der Waals surface area contributed by atoms with Crippen LogP contribution in [0.1, 0.15) is 55.6 Å². The number of rotatable bonds is 4. The summed E-state index contributed by atoms with van der Waals surface area (Å²) < 4.78 is 11.6. The Labute approximate surface area is 207 Å². The molecule has 172 valence electrons. The van der Waals surface area contributed by atoms with Crippen molar-refractivity contribution in [1.29, 1.82) is 0 Å². The van der Waals surface area contributed by atoms with Crippen LogP contribution in [0.4, 0.5) is 5.13 Å². The fraction of sp³-hybridized carbons (Fsp3) is 0.200. The van der Waals surface area contributed by atoms with Crippen LogP contribution in [0.5, 0.6) is 0 Å². The summed E-state index contributed by atoms with van der Waals surface area (Å²) in [5.74, 6) is -1.03. The summed E-state index contributed by atoms with van der Waals surface area (Å²) in [6.07, 6.45) is 0.860. The molecule has 0 bridgehead atoms. The fourth-order valence-electron chi connectivity index (χ4n) is 4.16. The number of amides is 1. The fourth-order valence-corrected chi connectivity index (χ4v) is 5.53. The van der Waals surface area contributed by atoms with Gasteiger partial charge in [0, 0.05) is 4.47 Å². The van der Waals surface area contributed by atoms with Crippen LogP contribution < -0.4 is 10.3 Å². The molecule has 5 rings (SSSR count). The maximum absolute atomic E-state index is 13.7. The van der Waals surface area contributed by atoms with Crippen LogP contribution in [0.15, 0.2) is 56.1 Å². The molecule has 1 unspecified atom stereocenters. The van der Waals surface area contributed by atoms with E-state index in [2.05, 4.69) is 27.8 Å². The Bertz CT molecular complexity index is 1520. The van der Waals surface area contributed by atoms with Crippen LogP contribution in [0.3, 0.4) is 0 Å². The molecule has 9 heteroatoms. The van der Waals surface area contributed by atoms with Gasteiger partial charge in [-0.2, -0.15) is 0 Å². The largest absolute Gasteiger partial charge is 0.465 e. The summed E-state index contributed by atoms with van der Waals surface area (Å²) >= 11 is 4.46. The first kappa shape index (κ1) is 22.5. The van der Waals surface area contributed by atoms with Crippen molar-refractivity contribution in [3.8, 4) is 0 Å². The number of carbonyl (C=O) groups excluding carboxylic acids is 2. The Hall–Kier alpha value is -3.30. The van der Waals surface area contributed by atoms with E-state index in [0.29, 0.717) is 26.7 Å². The predicted molar refractivity (Wildman–Crippen MR) is 133 cm³/mol. The standard InChI is InChI=1S/C25H19BrN2O5S/c1-4-13-5-7-14(8-6-13)19-18-20(29)16-11-15(26)9-10-17(16)33-21(18)23(30)28(19)25-27-12(2)22(34-25)24(31)32-3/h5-11,19H,4H2,1-3H3. The summed E-state index contributed by atoms with van der Waals surface area (Å²) in [5, 5.41) is 0.673. The normalized spacial score (nSPS) is 15.1. The number of fused-ring (bicyclic) bond motifs is 2. The quantitative estimate of drug-likeness (QED) is 0.322. The number of hydrogen-bond donors (Lipinski definition) is 0. The molecule has 2 aromatic heterocycles. The minimum absolute atomic E-state index is 0.0168. The third-order valence-electron chi connectivity index (χ3n) is 5.90. The summed E-state index contributed by atoms with van der Waals surface area (Å²) in [4.78, 5) is 45.8. The monoisotopic (exact) mass is 538 g/mol. The van der Waals surface area contributed by atoms with Crippen molar-refractivity contribution in [2.45, 2.75) is 26.3 Å². The Balaban J connectivity index is 1.77. The molecule has 3 heterocycles. The second-order valence-electron chi connectivity index (χ2n) is 7.89. The van der Waals surface area contributed by atoms with Gasteiger partial charge in [-0.3, -0.25) is 14.5 Å². The second kappa shape index (κ2) is 8.48. The number of hydrogen-bond acceptors (Lipinski definition) is 7. The third-order valence-corrected chi connectivity index (χ3v) is 7.53. The van der Waals surface area contributed by atoms with Gasteiger partial charge in [0.15, 0.2) is 10.6 Å². The Morgan fingerprint density at radius 2 is 1.94 bits per heavy atom. The highest BCUT2D eigenvalue weighted by atomic mass is 79.9. The van der Waals surface area contributed by atoms with Gasteiger partial charge < -0.3 is 9.15 Å². The molecule has 1 atom stereocenters. The van der Waals surface area contributed by atoms with E-state index in [-0.39, 0.29) is 16.8 Å². The van der Waals surface area contributed by atoms with Gasteiger partial charge in [-0.05, 0) is 42.7 Å². The SMILES string of the molecule is CCc1ccc(C2c3c(oc4ccc(Br)cc4c3=O)C(=O)N2c2nc(C)c(C(=O)OC)s2)cc1. The molecule has 0 fully saturated rings. The Kier molecular flexibility index (Phi) is 5.61. The van der Waals surface area contributed by atoms with E-state index < -0.39 is 17.9 Å². The van der Waals surface area contributed by atoms with Crippen LogP contribution in [0.25, 0.3) is 11.0 Å². The molecule has 0 saturated carbocycles. The highest BCUT2D eigenvalue weighted by Crippen LogP contribution is 2.43. The third kappa shape index (κ3) is 3.47. The van der Waals surface area contributed by atoms with E-state index in [1.165, 1.54) is 12.0 Å². The van der Waals surface area contributed by atoms with Gasteiger partial charge in [0.2, 0.25) is 5.76 Å². The molecular weight excluding hydrogens is 520 g/mol. The first-order valence-electron chi connectivity index (χ1n) is 10.6. The average Bonchev–Trinajstić information content (AvgIpc) is 3.36. The lowest BCUT2D eigenvalue weighted by Crippen LogP contribution is -2.29. The van der Waals surface area contributed by atoms with Crippen LogP contribution in [-0.4, -0.2) is 24.0 Å². The van der Waals surface area contributed by atoms with Crippen LogP contribution in [0, 0.1) is 6.92 Å². The van der Waals surface area contributed by atoms with Crippen molar-refractivity contribution < 1.29 is 18.7 Å². The summed E-state index contributed by atoms with van der Waals surface area (Å²) in [5.41, 5.74) is 2.63. The molecule has 0 aliphatic carbocycles. The number of benzene rings is 2.